The molecule has 0 fully saturated rings. The number of nitrogens with two attached hydrogens (primary N) is 2. The summed E-state index contributed by atoms with van der Waals surface area (Å²) in [6.07, 6.45) is 0. The van der Waals surface area contributed by atoms with Crippen LogP contribution in [0.1, 0.15) is 11.6 Å². The Kier molecular flexibility index (Phi) is 2.85. The number of hydrogen-bond acceptors (Lipinski definition) is 2. The smallest absolute Gasteiger partial charge is 0.238 e. The first kappa shape index (κ1) is 9.95. The van der Waals surface area contributed by atoms with Crippen molar-refractivity contribution in [2.45, 2.75) is 6.04 Å². The van der Waals surface area contributed by atoms with Crippen molar-refractivity contribution in [2.24, 2.45) is 11.5 Å². The first-order chi connectivity index (χ1) is 6.02. The van der Waals surface area contributed by atoms with E-state index in [4.69, 9.17) is 23.1 Å². The van der Waals surface area contributed by atoms with Crippen molar-refractivity contribution in [1.82, 2.24) is 0 Å². The quantitative estimate of drug-likeness (QED) is 0.750. The summed E-state index contributed by atoms with van der Waals surface area (Å²) in [5, 5.41) is -0.0135. The van der Waals surface area contributed by atoms with Crippen LogP contribution < -0.4 is 11.5 Å². The van der Waals surface area contributed by atoms with Crippen LogP contribution in [0, 0.1) is 5.82 Å². The zero-order valence-electron chi connectivity index (χ0n) is 6.63. The van der Waals surface area contributed by atoms with Crippen molar-refractivity contribution in [3.8, 4) is 0 Å². The van der Waals surface area contributed by atoms with Crippen molar-refractivity contribution >= 4 is 17.5 Å². The lowest BCUT2D eigenvalue weighted by molar-refractivity contribution is -0.119. The minimum atomic E-state index is -0.994. The topological polar surface area (TPSA) is 69.1 Å². The van der Waals surface area contributed by atoms with E-state index in [1.54, 1.807) is 0 Å². The molecule has 13 heavy (non-hydrogen) atoms. The number of amides is 1. The Balaban J connectivity index is 3.03. The summed E-state index contributed by atoms with van der Waals surface area (Å²) >= 11 is 5.43. The summed E-state index contributed by atoms with van der Waals surface area (Å²) in [4.78, 5) is 10.6. The third kappa shape index (κ3) is 2.17. The molecule has 0 spiro atoms. The van der Waals surface area contributed by atoms with Gasteiger partial charge in [0.25, 0.3) is 0 Å². The highest BCUT2D eigenvalue weighted by atomic mass is 35.5. The van der Waals surface area contributed by atoms with Gasteiger partial charge >= 0.3 is 0 Å². The number of halogens is 2. The molecule has 70 valence electrons. The van der Waals surface area contributed by atoms with E-state index >= 15 is 0 Å². The van der Waals surface area contributed by atoms with E-state index < -0.39 is 17.8 Å². The van der Waals surface area contributed by atoms with Crippen LogP contribution in [0.25, 0.3) is 0 Å². The summed E-state index contributed by atoms with van der Waals surface area (Å²) in [6, 6.07) is 2.89. The van der Waals surface area contributed by atoms with Gasteiger partial charge in [-0.2, -0.15) is 0 Å². The maximum absolute atomic E-state index is 12.9. The zero-order valence-corrected chi connectivity index (χ0v) is 7.38. The van der Waals surface area contributed by atoms with Gasteiger partial charge in [-0.15, -0.1) is 0 Å². The lowest BCUT2D eigenvalue weighted by Gasteiger charge is -2.07. The predicted molar refractivity (Wildman–Crippen MR) is 47.5 cm³/mol. The van der Waals surface area contributed by atoms with Gasteiger partial charge in [-0.25, -0.2) is 4.39 Å². The number of benzene rings is 1. The minimum absolute atomic E-state index is 0.0135. The molecule has 0 aromatic heterocycles. The zero-order chi connectivity index (χ0) is 10.0. The van der Waals surface area contributed by atoms with E-state index in [0.29, 0.717) is 5.56 Å². The Labute approximate surface area is 79.5 Å². The molecule has 0 radical (unpaired) electrons. The molecule has 4 N–H and O–H groups in total. The molecule has 0 heterocycles. The van der Waals surface area contributed by atoms with Gasteiger partial charge in [0.15, 0.2) is 0 Å². The fourth-order valence-corrected chi connectivity index (χ4v) is 0.988. The highest BCUT2D eigenvalue weighted by Gasteiger charge is 2.13. The Hall–Kier alpha value is -1.13. The van der Waals surface area contributed by atoms with Gasteiger partial charge in [-0.05, 0) is 17.7 Å². The van der Waals surface area contributed by atoms with E-state index in [-0.39, 0.29) is 5.02 Å². The van der Waals surface area contributed by atoms with Gasteiger partial charge in [0, 0.05) is 0 Å². The molecule has 0 bridgehead atoms. The van der Waals surface area contributed by atoms with E-state index in [1.807, 2.05) is 0 Å². The lowest BCUT2D eigenvalue weighted by atomic mass is 10.1. The Morgan fingerprint density at radius 3 is 2.62 bits per heavy atom. The van der Waals surface area contributed by atoms with Crippen LogP contribution in [0.2, 0.25) is 5.02 Å². The number of hydrogen-bond donors (Lipinski definition) is 2. The average Bonchev–Trinajstić information content (AvgIpc) is 2.08. The molecule has 0 saturated heterocycles. The second kappa shape index (κ2) is 3.72. The molecule has 0 aliphatic rings. The molecule has 0 aliphatic heterocycles. The highest BCUT2D eigenvalue weighted by Crippen LogP contribution is 2.18. The van der Waals surface area contributed by atoms with Crippen molar-refractivity contribution in [2.75, 3.05) is 0 Å². The maximum Gasteiger partial charge on any atom is 0.238 e. The number of carbonyl (C=O) groups is 1. The normalized spacial score (nSPS) is 12.5. The maximum atomic E-state index is 12.9. The molecule has 1 atom stereocenters. The molecular weight excluding hydrogens is 195 g/mol. The van der Waals surface area contributed by atoms with Crippen LogP contribution in [0.5, 0.6) is 0 Å². The van der Waals surface area contributed by atoms with Crippen LogP contribution in [-0.2, 0) is 4.79 Å². The van der Waals surface area contributed by atoms with Crippen molar-refractivity contribution in [1.29, 1.82) is 0 Å². The van der Waals surface area contributed by atoms with Crippen molar-refractivity contribution < 1.29 is 9.18 Å². The third-order valence-corrected chi connectivity index (χ3v) is 1.92. The highest BCUT2D eigenvalue weighted by molar-refractivity contribution is 6.30. The molecule has 3 nitrogen and oxygen atoms in total. The minimum Gasteiger partial charge on any atom is -0.368 e. The summed E-state index contributed by atoms with van der Waals surface area (Å²) < 4.78 is 12.9. The van der Waals surface area contributed by atoms with Crippen LogP contribution >= 0.6 is 11.6 Å². The second-order valence-electron chi connectivity index (χ2n) is 2.55. The van der Waals surface area contributed by atoms with Crippen molar-refractivity contribution in [3.63, 3.8) is 0 Å². The SMILES string of the molecule is NC(=O)C(N)c1ccc(Cl)c(F)c1. The van der Waals surface area contributed by atoms with Gasteiger partial charge in [-0.3, -0.25) is 4.79 Å². The molecule has 1 unspecified atom stereocenters. The first-order valence-electron chi connectivity index (χ1n) is 3.52. The molecule has 1 rings (SSSR count). The van der Waals surface area contributed by atoms with Crippen LogP contribution in [0.4, 0.5) is 4.39 Å². The van der Waals surface area contributed by atoms with E-state index in [1.165, 1.54) is 12.1 Å². The molecule has 0 saturated carbocycles. The summed E-state index contributed by atoms with van der Waals surface area (Å²) in [7, 11) is 0. The summed E-state index contributed by atoms with van der Waals surface area (Å²) in [6.45, 7) is 0. The first-order valence-corrected chi connectivity index (χ1v) is 3.90. The monoisotopic (exact) mass is 202 g/mol. The fraction of sp³-hybridized carbons (Fsp3) is 0.125. The lowest BCUT2D eigenvalue weighted by Crippen LogP contribution is -2.28. The number of carbonyl (C=O) groups excluding carboxylic acids is 1. The summed E-state index contributed by atoms with van der Waals surface area (Å²) in [5.74, 6) is -1.32. The second-order valence-corrected chi connectivity index (χ2v) is 2.96. The Bertz CT molecular complexity index is 343. The van der Waals surface area contributed by atoms with E-state index in [2.05, 4.69) is 0 Å². The number of rotatable bonds is 2. The van der Waals surface area contributed by atoms with Gasteiger partial charge < -0.3 is 11.5 Å². The molecular formula is C8H8ClFN2O. The van der Waals surface area contributed by atoms with Gasteiger partial charge in [0.05, 0.1) is 5.02 Å². The van der Waals surface area contributed by atoms with Crippen LogP contribution in [0.3, 0.4) is 0 Å². The van der Waals surface area contributed by atoms with Gasteiger partial charge in [-0.1, -0.05) is 17.7 Å². The summed E-state index contributed by atoms with van der Waals surface area (Å²) in [5.41, 5.74) is 10.6. The van der Waals surface area contributed by atoms with E-state index in [9.17, 15) is 9.18 Å². The number of primary amides is 1. The van der Waals surface area contributed by atoms with Crippen LogP contribution in [-0.4, -0.2) is 5.91 Å². The van der Waals surface area contributed by atoms with Gasteiger partial charge in [0.2, 0.25) is 5.91 Å². The molecule has 1 aromatic rings. The Morgan fingerprint density at radius 2 is 2.15 bits per heavy atom. The van der Waals surface area contributed by atoms with Crippen molar-refractivity contribution in [3.05, 3.63) is 34.6 Å². The third-order valence-electron chi connectivity index (χ3n) is 1.61. The molecule has 0 aliphatic carbocycles. The Morgan fingerprint density at radius 1 is 1.54 bits per heavy atom. The molecule has 1 amide bonds. The largest absolute Gasteiger partial charge is 0.368 e. The molecule has 1 aromatic carbocycles. The van der Waals surface area contributed by atoms with E-state index in [0.717, 1.165) is 6.07 Å². The fourth-order valence-electron chi connectivity index (χ4n) is 0.870. The van der Waals surface area contributed by atoms with Crippen LogP contribution in [0.15, 0.2) is 18.2 Å². The van der Waals surface area contributed by atoms with Gasteiger partial charge in [0.1, 0.15) is 11.9 Å². The molecule has 5 heteroatoms. The average molecular weight is 203 g/mol. The standard InChI is InChI=1S/C8H8ClFN2O/c9-5-2-1-4(3-6(5)10)7(11)8(12)13/h1-3,7H,11H2,(H2,12,13). The predicted octanol–water partition coefficient (Wildman–Crippen LogP) is 0.964.